The fourth-order valence-electron chi connectivity index (χ4n) is 1.62. The molecule has 108 valence electrons. The van der Waals surface area contributed by atoms with E-state index < -0.39 is 0 Å². The Morgan fingerprint density at radius 3 is 2.45 bits per heavy atom. The first-order valence-corrected chi connectivity index (χ1v) is 6.56. The molecule has 0 aliphatic heterocycles. The molecule has 0 aliphatic rings. The van der Waals surface area contributed by atoms with Crippen molar-refractivity contribution in [2.24, 2.45) is 0 Å². The molecule has 2 amide bonds. The minimum absolute atomic E-state index is 0.0386. The number of nitrogens with zero attached hydrogens (tertiary/aromatic N) is 1. The Labute approximate surface area is 118 Å². The SMILES string of the molecule is CCNC(=O)CN(CC)C(=O)/C=C/c1ccc(F)cc1. The monoisotopic (exact) mass is 278 g/mol. The summed E-state index contributed by atoms with van der Waals surface area (Å²) >= 11 is 0. The van der Waals surface area contributed by atoms with Gasteiger partial charge < -0.3 is 10.2 Å². The first-order chi connectivity index (χ1) is 9.56. The van der Waals surface area contributed by atoms with Gasteiger partial charge in [-0.1, -0.05) is 12.1 Å². The molecule has 0 saturated heterocycles. The average Bonchev–Trinajstić information content (AvgIpc) is 2.44. The number of hydrogen-bond donors (Lipinski definition) is 1. The number of carbonyl (C=O) groups is 2. The van der Waals surface area contributed by atoms with E-state index in [9.17, 15) is 14.0 Å². The molecule has 0 atom stereocenters. The fourth-order valence-corrected chi connectivity index (χ4v) is 1.62. The highest BCUT2D eigenvalue weighted by Crippen LogP contribution is 2.05. The Balaban J connectivity index is 2.62. The van der Waals surface area contributed by atoms with Crippen LogP contribution in [0.2, 0.25) is 0 Å². The van der Waals surface area contributed by atoms with Gasteiger partial charge in [0, 0.05) is 19.2 Å². The molecular weight excluding hydrogens is 259 g/mol. The molecule has 1 aromatic carbocycles. The van der Waals surface area contributed by atoms with E-state index >= 15 is 0 Å². The van der Waals surface area contributed by atoms with Gasteiger partial charge in [-0.3, -0.25) is 9.59 Å². The van der Waals surface area contributed by atoms with Gasteiger partial charge in [-0.25, -0.2) is 4.39 Å². The summed E-state index contributed by atoms with van der Waals surface area (Å²) in [5.74, 6) is -0.749. The van der Waals surface area contributed by atoms with Crippen molar-refractivity contribution < 1.29 is 14.0 Å². The van der Waals surface area contributed by atoms with E-state index in [1.807, 2.05) is 13.8 Å². The van der Waals surface area contributed by atoms with Crippen LogP contribution in [-0.2, 0) is 9.59 Å². The number of amides is 2. The van der Waals surface area contributed by atoms with Crippen LogP contribution in [0.5, 0.6) is 0 Å². The molecule has 20 heavy (non-hydrogen) atoms. The highest BCUT2D eigenvalue weighted by molar-refractivity contribution is 5.94. The molecule has 0 radical (unpaired) electrons. The van der Waals surface area contributed by atoms with Crippen LogP contribution in [0.15, 0.2) is 30.3 Å². The first kappa shape index (κ1) is 15.9. The standard InChI is InChI=1S/C15H19FN2O2/c1-3-17-14(19)11-18(4-2)15(20)10-7-12-5-8-13(16)9-6-12/h5-10H,3-4,11H2,1-2H3,(H,17,19)/b10-7+. The minimum atomic E-state index is -0.320. The van der Waals surface area contributed by atoms with Crippen molar-refractivity contribution in [2.45, 2.75) is 13.8 Å². The maximum atomic E-state index is 12.7. The largest absolute Gasteiger partial charge is 0.355 e. The zero-order valence-corrected chi connectivity index (χ0v) is 11.7. The second kappa shape index (κ2) is 8.09. The molecule has 4 nitrogen and oxygen atoms in total. The van der Waals surface area contributed by atoms with Crippen LogP contribution in [0.4, 0.5) is 4.39 Å². The summed E-state index contributed by atoms with van der Waals surface area (Å²) in [6, 6.07) is 5.82. The summed E-state index contributed by atoms with van der Waals surface area (Å²) in [4.78, 5) is 24.8. The van der Waals surface area contributed by atoms with Crippen LogP contribution >= 0.6 is 0 Å². The summed E-state index contributed by atoms with van der Waals surface area (Å²) < 4.78 is 12.7. The normalized spacial score (nSPS) is 10.6. The predicted octanol–water partition coefficient (Wildman–Crippen LogP) is 1.82. The van der Waals surface area contributed by atoms with Crippen molar-refractivity contribution >= 4 is 17.9 Å². The van der Waals surface area contributed by atoms with Crippen LogP contribution < -0.4 is 5.32 Å². The maximum Gasteiger partial charge on any atom is 0.247 e. The Hall–Kier alpha value is -2.17. The first-order valence-electron chi connectivity index (χ1n) is 6.56. The van der Waals surface area contributed by atoms with Crippen molar-refractivity contribution in [1.29, 1.82) is 0 Å². The molecule has 0 aliphatic carbocycles. The number of rotatable bonds is 6. The van der Waals surface area contributed by atoms with E-state index in [0.717, 1.165) is 5.56 Å². The van der Waals surface area contributed by atoms with E-state index in [0.29, 0.717) is 13.1 Å². The molecule has 0 spiro atoms. The lowest BCUT2D eigenvalue weighted by Gasteiger charge is -2.18. The van der Waals surface area contributed by atoms with Crippen molar-refractivity contribution in [1.82, 2.24) is 10.2 Å². The molecule has 1 N–H and O–H groups in total. The van der Waals surface area contributed by atoms with Crippen LogP contribution in [0.1, 0.15) is 19.4 Å². The zero-order valence-electron chi connectivity index (χ0n) is 11.7. The average molecular weight is 278 g/mol. The van der Waals surface area contributed by atoms with E-state index in [1.165, 1.54) is 23.1 Å². The Morgan fingerprint density at radius 2 is 1.90 bits per heavy atom. The molecule has 0 unspecified atom stereocenters. The molecule has 1 rings (SSSR count). The van der Waals surface area contributed by atoms with Gasteiger partial charge in [0.15, 0.2) is 0 Å². The zero-order chi connectivity index (χ0) is 15.0. The molecule has 5 heteroatoms. The van der Waals surface area contributed by atoms with Gasteiger partial charge in [-0.2, -0.15) is 0 Å². The second-order valence-corrected chi connectivity index (χ2v) is 4.19. The van der Waals surface area contributed by atoms with Crippen molar-refractivity contribution in [3.05, 3.63) is 41.7 Å². The Morgan fingerprint density at radius 1 is 1.25 bits per heavy atom. The fraction of sp³-hybridized carbons (Fsp3) is 0.333. The van der Waals surface area contributed by atoms with Crippen LogP contribution in [-0.4, -0.2) is 36.3 Å². The number of halogens is 1. The number of hydrogen-bond acceptors (Lipinski definition) is 2. The van der Waals surface area contributed by atoms with Crippen molar-refractivity contribution in [2.75, 3.05) is 19.6 Å². The van der Waals surface area contributed by atoms with Crippen molar-refractivity contribution in [3.63, 3.8) is 0 Å². The summed E-state index contributed by atoms with van der Waals surface area (Å²) in [7, 11) is 0. The third-order valence-electron chi connectivity index (χ3n) is 2.69. The predicted molar refractivity (Wildman–Crippen MR) is 76.4 cm³/mol. The van der Waals surface area contributed by atoms with E-state index in [1.54, 1.807) is 18.2 Å². The number of likely N-dealkylation sites (N-methyl/N-ethyl adjacent to an activating group) is 2. The summed E-state index contributed by atoms with van der Waals surface area (Å²) in [6.07, 6.45) is 2.98. The lowest BCUT2D eigenvalue weighted by Crippen LogP contribution is -2.39. The summed E-state index contributed by atoms with van der Waals surface area (Å²) in [6.45, 7) is 4.66. The van der Waals surface area contributed by atoms with Gasteiger partial charge in [0.25, 0.3) is 0 Å². The highest BCUT2D eigenvalue weighted by atomic mass is 19.1. The van der Waals surface area contributed by atoms with Crippen LogP contribution in [0.3, 0.4) is 0 Å². The number of nitrogens with one attached hydrogen (secondary N) is 1. The number of benzene rings is 1. The smallest absolute Gasteiger partial charge is 0.247 e. The molecule has 0 saturated carbocycles. The van der Waals surface area contributed by atoms with Gasteiger partial charge in [-0.05, 0) is 37.6 Å². The van der Waals surface area contributed by atoms with Gasteiger partial charge >= 0.3 is 0 Å². The quantitative estimate of drug-likeness (QED) is 0.807. The number of carbonyl (C=O) groups excluding carboxylic acids is 2. The molecule has 0 fully saturated rings. The third-order valence-corrected chi connectivity index (χ3v) is 2.69. The lowest BCUT2D eigenvalue weighted by molar-refractivity contribution is -0.132. The van der Waals surface area contributed by atoms with Gasteiger partial charge in [0.1, 0.15) is 5.82 Å². The van der Waals surface area contributed by atoms with Crippen LogP contribution in [0, 0.1) is 5.82 Å². The van der Waals surface area contributed by atoms with E-state index in [4.69, 9.17) is 0 Å². The van der Waals surface area contributed by atoms with Crippen molar-refractivity contribution in [3.8, 4) is 0 Å². The summed E-state index contributed by atoms with van der Waals surface area (Å²) in [5, 5.41) is 2.65. The molecule has 0 bridgehead atoms. The highest BCUT2D eigenvalue weighted by Gasteiger charge is 2.12. The van der Waals surface area contributed by atoms with Gasteiger partial charge in [0.05, 0.1) is 6.54 Å². The Bertz CT molecular complexity index is 483. The van der Waals surface area contributed by atoms with Gasteiger partial charge in [-0.15, -0.1) is 0 Å². The van der Waals surface area contributed by atoms with E-state index in [-0.39, 0.29) is 24.2 Å². The topological polar surface area (TPSA) is 49.4 Å². The lowest BCUT2D eigenvalue weighted by atomic mass is 10.2. The summed E-state index contributed by atoms with van der Waals surface area (Å²) in [5.41, 5.74) is 0.730. The Kier molecular flexibility index (Phi) is 6.43. The molecular formula is C15H19FN2O2. The molecule has 1 aromatic rings. The maximum absolute atomic E-state index is 12.7. The van der Waals surface area contributed by atoms with Gasteiger partial charge in [0.2, 0.25) is 11.8 Å². The second-order valence-electron chi connectivity index (χ2n) is 4.19. The minimum Gasteiger partial charge on any atom is -0.355 e. The molecule has 0 aromatic heterocycles. The molecule has 0 heterocycles. The van der Waals surface area contributed by atoms with Crippen LogP contribution in [0.25, 0.3) is 6.08 Å². The van der Waals surface area contributed by atoms with E-state index in [2.05, 4.69) is 5.32 Å². The third kappa shape index (κ3) is 5.22.